The number of carbonyl (C=O) groups is 2. The standard InChI is InChI=1S/C24H22IN3O4/c1-31-21-13-18(12-20(25)24(21)32-16-17-8-4-2-5-9-17)15-26-28-23(30)14-22(29)27-19-10-6-3-7-11-19/h2-13,15H,14,16H2,1H3,(H,27,29)(H,28,30). The van der Waals surface area contributed by atoms with Crippen LogP contribution in [0.25, 0.3) is 0 Å². The number of rotatable bonds is 9. The van der Waals surface area contributed by atoms with Crippen molar-refractivity contribution in [1.82, 2.24) is 5.43 Å². The first kappa shape index (κ1) is 23.3. The summed E-state index contributed by atoms with van der Waals surface area (Å²) >= 11 is 2.16. The number of para-hydroxylation sites is 1. The third-order valence-corrected chi connectivity index (χ3v) is 5.06. The van der Waals surface area contributed by atoms with Gasteiger partial charge in [0, 0.05) is 5.69 Å². The highest BCUT2D eigenvalue weighted by Gasteiger charge is 2.12. The van der Waals surface area contributed by atoms with Gasteiger partial charge in [-0.1, -0.05) is 48.5 Å². The Balaban J connectivity index is 1.56. The molecule has 3 rings (SSSR count). The molecule has 2 N–H and O–H groups in total. The second-order valence-corrected chi connectivity index (χ2v) is 7.85. The number of hydrogen-bond donors (Lipinski definition) is 2. The first-order valence-electron chi connectivity index (χ1n) is 9.76. The average molecular weight is 543 g/mol. The van der Waals surface area contributed by atoms with Gasteiger partial charge in [0.05, 0.1) is 16.9 Å². The van der Waals surface area contributed by atoms with Crippen LogP contribution in [0, 0.1) is 3.57 Å². The quantitative estimate of drug-likeness (QED) is 0.182. The second-order valence-electron chi connectivity index (χ2n) is 6.69. The smallest absolute Gasteiger partial charge is 0.249 e. The SMILES string of the molecule is COc1cc(C=NNC(=O)CC(=O)Nc2ccccc2)cc(I)c1OCc1ccccc1. The molecule has 0 spiro atoms. The summed E-state index contributed by atoms with van der Waals surface area (Å²) in [5.41, 5.74) is 4.76. The summed E-state index contributed by atoms with van der Waals surface area (Å²) in [4.78, 5) is 23.9. The summed E-state index contributed by atoms with van der Waals surface area (Å²) in [6, 6.07) is 22.4. The summed E-state index contributed by atoms with van der Waals surface area (Å²) in [5.74, 6) is 0.262. The van der Waals surface area contributed by atoms with E-state index >= 15 is 0 Å². The van der Waals surface area contributed by atoms with Crippen molar-refractivity contribution in [1.29, 1.82) is 0 Å². The molecular formula is C24H22IN3O4. The van der Waals surface area contributed by atoms with Crippen LogP contribution in [0.5, 0.6) is 11.5 Å². The van der Waals surface area contributed by atoms with Crippen LogP contribution < -0.4 is 20.2 Å². The Morgan fingerprint density at radius 1 is 1.00 bits per heavy atom. The molecule has 32 heavy (non-hydrogen) atoms. The van der Waals surface area contributed by atoms with Crippen molar-refractivity contribution in [3.05, 3.63) is 87.5 Å². The van der Waals surface area contributed by atoms with Crippen molar-refractivity contribution >= 4 is 46.3 Å². The number of amides is 2. The third-order valence-electron chi connectivity index (χ3n) is 4.26. The van der Waals surface area contributed by atoms with Crippen molar-refractivity contribution in [2.75, 3.05) is 12.4 Å². The Bertz CT molecular complexity index is 1090. The van der Waals surface area contributed by atoms with Crippen molar-refractivity contribution in [2.24, 2.45) is 5.10 Å². The van der Waals surface area contributed by atoms with Crippen molar-refractivity contribution in [3.8, 4) is 11.5 Å². The lowest BCUT2D eigenvalue weighted by atomic mass is 10.2. The predicted molar refractivity (Wildman–Crippen MR) is 132 cm³/mol. The highest BCUT2D eigenvalue weighted by Crippen LogP contribution is 2.34. The minimum absolute atomic E-state index is 0.334. The van der Waals surface area contributed by atoms with E-state index in [0.29, 0.717) is 29.4 Å². The van der Waals surface area contributed by atoms with E-state index in [9.17, 15) is 9.59 Å². The molecule has 3 aromatic rings. The lowest BCUT2D eigenvalue weighted by Crippen LogP contribution is -2.24. The molecule has 0 atom stereocenters. The fourth-order valence-electron chi connectivity index (χ4n) is 2.77. The monoisotopic (exact) mass is 543 g/mol. The molecule has 8 heteroatoms. The molecule has 0 aliphatic carbocycles. The number of nitrogens with zero attached hydrogens (tertiary/aromatic N) is 1. The minimum atomic E-state index is -0.515. The molecule has 0 saturated carbocycles. The maximum Gasteiger partial charge on any atom is 0.249 e. The molecule has 0 heterocycles. The largest absolute Gasteiger partial charge is 0.493 e. The van der Waals surface area contributed by atoms with E-state index in [1.807, 2.05) is 42.5 Å². The fraction of sp³-hybridized carbons (Fsp3) is 0.125. The normalized spacial score (nSPS) is 10.6. The van der Waals surface area contributed by atoms with E-state index < -0.39 is 11.8 Å². The highest BCUT2D eigenvalue weighted by molar-refractivity contribution is 14.1. The number of hydrogen-bond acceptors (Lipinski definition) is 5. The zero-order chi connectivity index (χ0) is 22.8. The van der Waals surface area contributed by atoms with Gasteiger partial charge in [0.25, 0.3) is 0 Å². The van der Waals surface area contributed by atoms with Gasteiger partial charge in [-0.3, -0.25) is 9.59 Å². The predicted octanol–water partition coefficient (Wildman–Crippen LogP) is 4.36. The summed E-state index contributed by atoms with van der Waals surface area (Å²) in [5, 5.41) is 6.59. The molecule has 0 unspecified atom stereocenters. The van der Waals surface area contributed by atoms with Gasteiger partial charge in [-0.05, 0) is 58.0 Å². The highest BCUT2D eigenvalue weighted by atomic mass is 127. The minimum Gasteiger partial charge on any atom is -0.493 e. The maximum absolute atomic E-state index is 12.0. The number of carbonyl (C=O) groups excluding carboxylic acids is 2. The molecule has 0 saturated heterocycles. The summed E-state index contributed by atoms with van der Waals surface area (Å²) < 4.78 is 12.2. The number of anilines is 1. The van der Waals surface area contributed by atoms with E-state index in [0.717, 1.165) is 9.13 Å². The zero-order valence-corrected chi connectivity index (χ0v) is 19.5. The molecule has 7 nitrogen and oxygen atoms in total. The third kappa shape index (κ3) is 7.09. The van der Waals surface area contributed by atoms with Gasteiger partial charge in [-0.15, -0.1) is 0 Å². The van der Waals surface area contributed by atoms with Crippen molar-refractivity contribution in [2.45, 2.75) is 13.0 Å². The Morgan fingerprint density at radius 2 is 1.69 bits per heavy atom. The molecule has 2 amide bonds. The van der Waals surface area contributed by atoms with E-state index in [-0.39, 0.29) is 6.42 Å². The second kappa shape index (κ2) is 11.8. The fourth-order valence-corrected chi connectivity index (χ4v) is 3.56. The number of ether oxygens (including phenoxy) is 2. The molecule has 0 radical (unpaired) electrons. The number of hydrazone groups is 1. The topological polar surface area (TPSA) is 89.0 Å². The van der Waals surface area contributed by atoms with E-state index in [4.69, 9.17) is 9.47 Å². The van der Waals surface area contributed by atoms with Crippen LogP contribution in [-0.2, 0) is 16.2 Å². The maximum atomic E-state index is 12.0. The Kier molecular flexibility index (Phi) is 8.61. The lowest BCUT2D eigenvalue weighted by molar-refractivity contribution is -0.126. The number of methoxy groups -OCH3 is 1. The van der Waals surface area contributed by atoms with Gasteiger partial charge in [-0.25, -0.2) is 5.43 Å². The number of benzene rings is 3. The molecule has 3 aromatic carbocycles. The van der Waals surface area contributed by atoms with Crippen LogP contribution in [0.1, 0.15) is 17.5 Å². The van der Waals surface area contributed by atoms with Gasteiger partial charge in [0.1, 0.15) is 13.0 Å². The first-order valence-corrected chi connectivity index (χ1v) is 10.8. The first-order chi connectivity index (χ1) is 15.5. The molecule has 164 valence electrons. The van der Waals surface area contributed by atoms with Gasteiger partial charge in [0.15, 0.2) is 11.5 Å². The van der Waals surface area contributed by atoms with Crippen LogP contribution in [-0.4, -0.2) is 25.1 Å². The molecule has 0 aromatic heterocycles. The van der Waals surface area contributed by atoms with Crippen LogP contribution in [0.2, 0.25) is 0 Å². The van der Waals surface area contributed by atoms with Gasteiger partial charge >= 0.3 is 0 Å². The summed E-state index contributed by atoms with van der Waals surface area (Å²) in [7, 11) is 1.56. The van der Waals surface area contributed by atoms with E-state index in [1.54, 1.807) is 37.4 Å². The lowest BCUT2D eigenvalue weighted by Gasteiger charge is -2.13. The summed E-state index contributed by atoms with van der Waals surface area (Å²) in [6.07, 6.45) is 1.15. The molecule has 0 aliphatic rings. The molecule has 0 aliphatic heterocycles. The average Bonchev–Trinajstić information content (AvgIpc) is 2.79. The van der Waals surface area contributed by atoms with Gasteiger partial charge < -0.3 is 14.8 Å². The Morgan fingerprint density at radius 3 is 2.38 bits per heavy atom. The van der Waals surface area contributed by atoms with Crippen molar-refractivity contribution in [3.63, 3.8) is 0 Å². The van der Waals surface area contributed by atoms with E-state index in [2.05, 4.69) is 38.4 Å². The number of nitrogens with one attached hydrogen (secondary N) is 2. The molecule has 0 fully saturated rings. The van der Waals surface area contributed by atoms with Crippen LogP contribution in [0.15, 0.2) is 77.9 Å². The van der Waals surface area contributed by atoms with Gasteiger partial charge in [0.2, 0.25) is 11.8 Å². The van der Waals surface area contributed by atoms with Gasteiger partial charge in [-0.2, -0.15) is 5.10 Å². The zero-order valence-electron chi connectivity index (χ0n) is 17.4. The van der Waals surface area contributed by atoms with E-state index in [1.165, 1.54) is 6.21 Å². The van der Waals surface area contributed by atoms with Crippen LogP contribution in [0.3, 0.4) is 0 Å². The number of halogens is 1. The molecular weight excluding hydrogens is 521 g/mol. The van der Waals surface area contributed by atoms with Crippen LogP contribution in [0.4, 0.5) is 5.69 Å². The summed E-state index contributed by atoms with van der Waals surface area (Å²) in [6.45, 7) is 0.418. The Labute approximate surface area is 200 Å². The van der Waals surface area contributed by atoms with Crippen molar-refractivity contribution < 1.29 is 19.1 Å². The van der Waals surface area contributed by atoms with Crippen LogP contribution >= 0.6 is 22.6 Å². The molecule has 0 bridgehead atoms. The Hall–Kier alpha value is -3.40.